The van der Waals surface area contributed by atoms with Crippen LogP contribution in [0.5, 0.6) is 5.75 Å². The summed E-state index contributed by atoms with van der Waals surface area (Å²) < 4.78 is 72.2. The number of nitrogens with one attached hydrogen (secondary N) is 3. The molecule has 4 rings (SSSR count). The molecule has 1 aliphatic rings. The molecular weight excluding hydrogens is 649 g/mol. The number of pyridine rings is 1. The number of amides is 1. The second-order valence-corrected chi connectivity index (χ2v) is 14.4. The van der Waals surface area contributed by atoms with Crippen molar-refractivity contribution in [1.82, 2.24) is 15.6 Å². The number of aliphatic hydroxyl groups excluding tert-OH is 1. The van der Waals surface area contributed by atoms with E-state index in [9.17, 15) is 36.8 Å². The van der Waals surface area contributed by atoms with Crippen LogP contribution in [0.2, 0.25) is 0 Å². The Hall–Kier alpha value is -4.39. The summed E-state index contributed by atoms with van der Waals surface area (Å²) in [6, 6.07) is 14.9. The lowest BCUT2D eigenvalue weighted by atomic mass is 10.1. The highest BCUT2D eigenvalue weighted by atomic mass is 32.2. The normalized spacial score (nSPS) is 14.6. The number of carbonyl (C=O) groups excluding carboxylic acids is 1. The van der Waals surface area contributed by atoms with Crippen LogP contribution in [0.3, 0.4) is 0 Å². The van der Waals surface area contributed by atoms with E-state index < -0.39 is 45.1 Å². The molecule has 2 atom stereocenters. The molecule has 1 saturated carbocycles. The molecule has 48 heavy (non-hydrogen) atoms. The number of carbonyl (C=O) groups is 1. The molecule has 258 valence electrons. The summed E-state index contributed by atoms with van der Waals surface area (Å²) in [5.41, 5.74) is -0.0367. The first-order chi connectivity index (χ1) is 22.7. The van der Waals surface area contributed by atoms with Crippen LogP contribution in [0.4, 0.5) is 24.8 Å². The number of halogens is 3. The predicted octanol–water partition coefficient (Wildman–Crippen LogP) is 4.30. The number of aliphatic hydroxyl groups is 1. The number of benzene rings is 2. The Bertz CT molecular complexity index is 1730. The molecule has 15 heteroatoms. The Kier molecular flexibility index (Phi) is 11.9. The first-order valence-electron chi connectivity index (χ1n) is 15.4. The van der Waals surface area contributed by atoms with Crippen molar-refractivity contribution >= 4 is 27.6 Å². The molecule has 0 bridgehead atoms. The maximum Gasteiger partial charge on any atom is 0.416 e. The van der Waals surface area contributed by atoms with Crippen molar-refractivity contribution in [3.05, 3.63) is 82.9 Å². The fourth-order valence-electron chi connectivity index (χ4n) is 4.62. The molecule has 4 N–H and O–H groups in total. The minimum Gasteiger partial charge on any atom is -0.491 e. The fraction of sp³-hybridized carbons (Fsp3) is 0.424. The van der Waals surface area contributed by atoms with Crippen LogP contribution in [-0.4, -0.2) is 68.6 Å². The summed E-state index contributed by atoms with van der Waals surface area (Å²) in [5.74, 6) is 0.457. The number of alkyl halides is 3. The van der Waals surface area contributed by atoms with E-state index in [0.29, 0.717) is 35.2 Å². The topological polar surface area (TPSA) is 157 Å². The third-order valence-corrected chi connectivity index (χ3v) is 9.90. The molecular formula is C33H39F3N6O5S. The second-order valence-electron chi connectivity index (χ2n) is 11.9. The maximum atomic E-state index is 13.7. The molecule has 0 unspecified atom stereocenters. The second kappa shape index (κ2) is 15.7. The van der Waals surface area contributed by atoms with Gasteiger partial charge in [-0.2, -0.15) is 18.4 Å². The molecule has 1 aromatic heterocycles. The average Bonchev–Trinajstić information content (AvgIpc) is 3.89. The van der Waals surface area contributed by atoms with Gasteiger partial charge in [-0.1, -0.05) is 24.3 Å². The number of nitrogens with zero attached hydrogens (tertiary/aromatic N) is 3. The third kappa shape index (κ3) is 10.1. The van der Waals surface area contributed by atoms with Crippen molar-refractivity contribution in [2.24, 2.45) is 5.92 Å². The fourth-order valence-corrected chi connectivity index (χ4v) is 5.61. The number of anilines is 2. The molecule has 1 aliphatic carbocycles. The van der Waals surface area contributed by atoms with Crippen molar-refractivity contribution < 1.29 is 36.2 Å². The SMILES string of the molecule is CC(C)S(=O)(=O)N(C)c1cc(C(=O)N[C@@H](COc2cccc(C#N)c2)[C@H](O)CNCc2cccc(C(F)(F)F)c2)cc(NCC2CC2)n1. The van der Waals surface area contributed by atoms with E-state index in [4.69, 9.17) is 4.74 Å². The van der Waals surface area contributed by atoms with Crippen molar-refractivity contribution in [2.75, 3.05) is 36.4 Å². The van der Waals surface area contributed by atoms with Gasteiger partial charge in [0.15, 0.2) is 0 Å². The van der Waals surface area contributed by atoms with Crippen LogP contribution in [0.15, 0.2) is 60.7 Å². The Morgan fingerprint density at radius 2 is 1.88 bits per heavy atom. The number of hydrogen-bond donors (Lipinski definition) is 4. The molecule has 1 fully saturated rings. The summed E-state index contributed by atoms with van der Waals surface area (Å²) in [6.45, 7) is 3.31. The molecule has 3 aromatic rings. The zero-order valence-corrected chi connectivity index (χ0v) is 27.6. The molecule has 0 radical (unpaired) electrons. The number of nitriles is 1. The first kappa shape index (κ1) is 36.4. The summed E-state index contributed by atoms with van der Waals surface area (Å²) in [5, 5.41) is 28.5. The zero-order chi connectivity index (χ0) is 35.1. The van der Waals surface area contributed by atoms with Gasteiger partial charge in [-0.15, -0.1) is 0 Å². The van der Waals surface area contributed by atoms with Gasteiger partial charge in [0.05, 0.1) is 34.6 Å². The van der Waals surface area contributed by atoms with Gasteiger partial charge in [-0.25, -0.2) is 13.4 Å². The van der Waals surface area contributed by atoms with Gasteiger partial charge >= 0.3 is 6.18 Å². The van der Waals surface area contributed by atoms with Crippen molar-refractivity contribution in [3.63, 3.8) is 0 Å². The standard InChI is InChI=1S/C33H39F3N6O5S/c1-21(2)48(45,46)42(3)31-15-25(14-30(41-31)39-18-22-10-11-22)32(44)40-28(20-47-27-9-5-6-23(13-27)16-37)29(43)19-38-17-24-7-4-8-26(12-24)33(34,35)36/h4-9,12-15,21-22,28-29,38,43H,10-11,17-20H2,1-3H3,(H,39,41)(H,40,44)/t28-,29+/m0/s1. The maximum absolute atomic E-state index is 13.7. The summed E-state index contributed by atoms with van der Waals surface area (Å²) >= 11 is 0. The zero-order valence-electron chi connectivity index (χ0n) is 26.8. The van der Waals surface area contributed by atoms with E-state index >= 15 is 0 Å². The summed E-state index contributed by atoms with van der Waals surface area (Å²) in [7, 11) is -2.42. The summed E-state index contributed by atoms with van der Waals surface area (Å²) in [4.78, 5) is 18.1. The van der Waals surface area contributed by atoms with E-state index in [1.807, 2.05) is 6.07 Å². The summed E-state index contributed by atoms with van der Waals surface area (Å²) in [6.07, 6.45) is -3.67. The van der Waals surface area contributed by atoms with Gasteiger partial charge in [0.2, 0.25) is 10.0 Å². The smallest absolute Gasteiger partial charge is 0.416 e. The molecule has 0 spiro atoms. The Labute approximate surface area is 278 Å². The Morgan fingerprint density at radius 1 is 1.15 bits per heavy atom. The van der Waals surface area contributed by atoms with Gasteiger partial charge in [0.25, 0.3) is 5.91 Å². The molecule has 1 amide bonds. The number of aromatic nitrogens is 1. The van der Waals surface area contributed by atoms with Crippen molar-refractivity contribution in [3.8, 4) is 11.8 Å². The van der Waals surface area contributed by atoms with Crippen molar-refractivity contribution in [1.29, 1.82) is 5.26 Å². The highest BCUT2D eigenvalue weighted by Gasteiger charge is 2.31. The lowest BCUT2D eigenvalue weighted by molar-refractivity contribution is -0.137. The van der Waals surface area contributed by atoms with Crippen LogP contribution in [0, 0.1) is 17.2 Å². The highest BCUT2D eigenvalue weighted by molar-refractivity contribution is 7.93. The molecule has 11 nitrogen and oxygen atoms in total. The van der Waals surface area contributed by atoms with Gasteiger partial charge in [0, 0.05) is 32.2 Å². The molecule has 1 heterocycles. The minimum atomic E-state index is -4.50. The lowest BCUT2D eigenvalue weighted by Gasteiger charge is -2.26. The van der Waals surface area contributed by atoms with Crippen LogP contribution in [-0.2, 0) is 22.7 Å². The van der Waals surface area contributed by atoms with Gasteiger partial charge in [-0.05, 0) is 74.6 Å². The quantitative estimate of drug-likeness (QED) is 0.172. The van der Waals surface area contributed by atoms with E-state index in [1.54, 1.807) is 18.2 Å². The number of ether oxygens (including phenoxy) is 1. The van der Waals surface area contributed by atoms with Gasteiger partial charge in [0.1, 0.15) is 24.0 Å². The molecule has 0 aliphatic heterocycles. The molecule has 2 aromatic carbocycles. The third-order valence-electron chi connectivity index (χ3n) is 7.75. The van der Waals surface area contributed by atoms with Gasteiger partial charge < -0.3 is 25.8 Å². The van der Waals surface area contributed by atoms with E-state index in [2.05, 4.69) is 20.9 Å². The minimum absolute atomic E-state index is 0.00706. The Balaban J connectivity index is 1.55. The number of sulfonamides is 1. The lowest BCUT2D eigenvalue weighted by Crippen LogP contribution is -2.50. The Morgan fingerprint density at radius 3 is 2.54 bits per heavy atom. The van der Waals surface area contributed by atoms with E-state index in [1.165, 1.54) is 51.2 Å². The largest absolute Gasteiger partial charge is 0.491 e. The van der Waals surface area contributed by atoms with Crippen LogP contribution in [0.25, 0.3) is 0 Å². The first-order valence-corrected chi connectivity index (χ1v) is 16.9. The monoisotopic (exact) mass is 688 g/mol. The van der Waals surface area contributed by atoms with Crippen LogP contribution < -0.4 is 25.0 Å². The van der Waals surface area contributed by atoms with Crippen molar-refractivity contribution in [2.45, 2.75) is 56.8 Å². The van der Waals surface area contributed by atoms with Crippen LogP contribution in [0.1, 0.15) is 53.7 Å². The number of rotatable bonds is 16. The van der Waals surface area contributed by atoms with Crippen LogP contribution >= 0.6 is 0 Å². The van der Waals surface area contributed by atoms with E-state index in [0.717, 1.165) is 29.3 Å². The van der Waals surface area contributed by atoms with E-state index in [-0.39, 0.29) is 31.1 Å². The number of hydrogen-bond acceptors (Lipinski definition) is 9. The van der Waals surface area contributed by atoms with Gasteiger partial charge in [-0.3, -0.25) is 9.10 Å². The highest BCUT2D eigenvalue weighted by Crippen LogP contribution is 2.30. The predicted molar refractivity (Wildman–Crippen MR) is 175 cm³/mol. The average molecular weight is 689 g/mol. The molecule has 0 saturated heterocycles.